The molecule has 0 fully saturated rings. The van der Waals surface area contributed by atoms with Gasteiger partial charge in [-0.15, -0.1) is 0 Å². The van der Waals surface area contributed by atoms with Crippen LogP contribution < -0.4 is 0 Å². The molecule has 0 aliphatic carbocycles. The van der Waals surface area contributed by atoms with Crippen molar-refractivity contribution in [3.63, 3.8) is 0 Å². The lowest BCUT2D eigenvalue weighted by atomic mass is 10.0. The predicted octanol–water partition coefficient (Wildman–Crippen LogP) is 18.0. The molecule has 0 saturated heterocycles. The second-order valence-electron chi connectivity index (χ2n) is 19.9. The Morgan fingerprint density at radius 3 is 1.03 bits per heavy atom. The average Bonchev–Trinajstić information content (AvgIpc) is 4.32. The Morgan fingerprint density at radius 2 is 0.583 bits per heavy atom. The first-order valence-corrected chi connectivity index (χ1v) is 24.8. The van der Waals surface area contributed by atoms with Crippen LogP contribution in [0, 0.1) is 0 Å². The molecule has 19 rings (SSSR count). The van der Waals surface area contributed by atoms with Crippen LogP contribution in [0.15, 0.2) is 215 Å². The Hall–Kier alpha value is -9.78. The highest BCUT2D eigenvalue weighted by molar-refractivity contribution is 6.39. The molecular weight excluding hydrogens is 881 g/mol. The zero-order chi connectivity index (χ0) is 46.2. The van der Waals surface area contributed by atoms with Gasteiger partial charge in [0, 0.05) is 86.2 Å². The average molecular weight is 915 g/mol. The summed E-state index contributed by atoms with van der Waals surface area (Å²) in [6.07, 6.45) is 0. The van der Waals surface area contributed by atoms with Crippen LogP contribution in [-0.2, 0) is 0 Å². The van der Waals surface area contributed by atoms with Gasteiger partial charge in [0.05, 0.1) is 66.5 Å². The van der Waals surface area contributed by atoms with E-state index < -0.39 is 0 Å². The Morgan fingerprint density at radius 1 is 0.236 bits per heavy atom. The highest BCUT2D eigenvalue weighted by Gasteiger charge is 2.30. The van der Waals surface area contributed by atoms with E-state index in [0.717, 1.165) is 66.3 Å². The molecular formula is C66H34N4O2. The standard InChI is InChI=1S/C66H34N4O2/c1-7-23-49-35(15-1)43-31-45-37-17-3-9-25-51(37)69-55-34-48-56(33-47(55)59(63(45)69)61(43)67(49)53-27-13-21-41-39-19-5-11-29-57(39)71-65(41)53)70-52-26-10-4-18-38(52)46-32-44-36-16-2-8-24-50(36)68(62(44)60(48)64(46)70)54-28-14-22-42-40-20-6-12-30-58(40)72-66(42)54/h1-34H. The molecule has 0 amide bonds. The summed E-state index contributed by atoms with van der Waals surface area (Å²) in [6.45, 7) is 0. The normalized spacial score (nSPS) is 13.0. The lowest BCUT2D eigenvalue weighted by Gasteiger charge is -2.10. The molecule has 72 heavy (non-hydrogen) atoms. The topological polar surface area (TPSA) is 45.0 Å². The van der Waals surface area contributed by atoms with Gasteiger partial charge in [-0.1, -0.05) is 133 Å². The summed E-state index contributed by atoms with van der Waals surface area (Å²) in [5.41, 5.74) is 17.5. The third-order valence-electron chi connectivity index (χ3n) is 16.6. The molecule has 330 valence electrons. The third-order valence-corrected chi connectivity index (χ3v) is 16.6. The molecule has 6 nitrogen and oxygen atoms in total. The Bertz CT molecular complexity index is 5300. The molecule has 0 spiro atoms. The first-order chi connectivity index (χ1) is 35.8. The van der Waals surface area contributed by atoms with Crippen LogP contribution in [0.3, 0.4) is 0 Å². The fraction of sp³-hybridized carbons (Fsp3) is 0. The van der Waals surface area contributed by atoms with Gasteiger partial charge in [-0.3, -0.25) is 0 Å². The van der Waals surface area contributed by atoms with E-state index in [1.165, 1.54) is 109 Å². The summed E-state index contributed by atoms with van der Waals surface area (Å²) < 4.78 is 23.8. The predicted molar refractivity (Wildman–Crippen MR) is 299 cm³/mol. The molecule has 0 radical (unpaired) electrons. The number of fused-ring (bicyclic) bond motifs is 26. The van der Waals surface area contributed by atoms with Crippen LogP contribution in [0.1, 0.15) is 0 Å². The SMILES string of the molecule is c1ccc2c(c1)oc1c(-n3c4ccccc4c4cc5c6ccccc6n6c7cc8c9c%10c(cc%11c%12ccccc%12n(c8cc7c(c43)c56)c%119)c3ccccc3n%10-c3cccc4c3oc3ccccc34)cccc12. The molecule has 0 bridgehead atoms. The van der Waals surface area contributed by atoms with Gasteiger partial charge >= 0.3 is 0 Å². The van der Waals surface area contributed by atoms with E-state index in [4.69, 9.17) is 8.83 Å². The van der Waals surface area contributed by atoms with Crippen LogP contribution in [0.2, 0.25) is 0 Å². The van der Waals surface area contributed by atoms with E-state index in [-0.39, 0.29) is 0 Å². The molecule has 6 heteroatoms. The van der Waals surface area contributed by atoms with Gasteiger partial charge in [-0.05, 0) is 72.8 Å². The lowest BCUT2D eigenvalue weighted by Crippen LogP contribution is -1.95. The molecule has 0 N–H and O–H groups in total. The van der Waals surface area contributed by atoms with E-state index in [2.05, 4.69) is 224 Å². The molecule has 0 aliphatic heterocycles. The van der Waals surface area contributed by atoms with Crippen LogP contribution in [-0.4, -0.2) is 17.9 Å². The maximum atomic E-state index is 6.86. The first-order valence-electron chi connectivity index (χ1n) is 24.8. The Balaban J connectivity index is 1.06. The maximum Gasteiger partial charge on any atom is 0.159 e. The van der Waals surface area contributed by atoms with Gasteiger partial charge in [0.1, 0.15) is 11.2 Å². The van der Waals surface area contributed by atoms with Crippen molar-refractivity contribution in [3.05, 3.63) is 206 Å². The van der Waals surface area contributed by atoms with Gasteiger partial charge in [0.2, 0.25) is 0 Å². The molecule has 0 atom stereocenters. The van der Waals surface area contributed by atoms with Crippen molar-refractivity contribution in [1.82, 2.24) is 17.9 Å². The number of hydrogen-bond acceptors (Lipinski definition) is 2. The fourth-order valence-electron chi connectivity index (χ4n) is 13.8. The Kier molecular flexibility index (Phi) is 6.20. The quantitative estimate of drug-likeness (QED) is 0.173. The minimum atomic E-state index is 0.885. The number of furan rings is 2. The van der Waals surface area contributed by atoms with E-state index in [0.29, 0.717) is 0 Å². The van der Waals surface area contributed by atoms with Crippen molar-refractivity contribution in [2.45, 2.75) is 0 Å². The number of nitrogens with zero attached hydrogens (tertiary/aromatic N) is 4. The summed E-state index contributed by atoms with van der Waals surface area (Å²) in [5.74, 6) is 0. The third kappa shape index (κ3) is 4.05. The minimum Gasteiger partial charge on any atom is -0.454 e. The summed E-state index contributed by atoms with van der Waals surface area (Å²) in [7, 11) is 0. The van der Waals surface area contributed by atoms with Gasteiger partial charge in [-0.2, -0.15) is 0 Å². The molecule has 19 aromatic rings. The highest BCUT2D eigenvalue weighted by Crippen LogP contribution is 2.52. The summed E-state index contributed by atoms with van der Waals surface area (Å²) >= 11 is 0. The van der Waals surface area contributed by atoms with E-state index in [9.17, 15) is 0 Å². The monoisotopic (exact) mass is 914 g/mol. The van der Waals surface area contributed by atoms with Crippen molar-refractivity contribution in [2.75, 3.05) is 0 Å². The Labute approximate surface area is 406 Å². The second kappa shape index (κ2) is 12.3. The molecule has 0 unspecified atom stereocenters. The number of aromatic nitrogens is 4. The van der Waals surface area contributed by atoms with Crippen molar-refractivity contribution in [3.8, 4) is 11.4 Å². The van der Waals surface area contributed by atoms with Gasteiger partial charge < -0.3 is 26.8 Å². The second-order valence-corrected chi connectivity index (χ2v) is 19.9. The number of rotatable bonds is 2. The molecule has 0 aliphatic rings. The lowest BCUT2D eigenvalue weighted by molar-refractivity contribution is 0.666. The van der Waals surface area contributed by atoms with Crippen LogP contribution in [0.4, 0.5) is 0 Å². The largest absolute Gasteiger partial charge is 0.454 e. The van der Waals surface area contributed by atoms with E-state index in [1.807, 2.05) is 0 Å². The zero-order valence-corrected chi connectivity index (χ0v) is 38.2. The molecule has 8 heterocycles. The molecule has 0 saturated carbocycles. The van der Waals surface area contributed by atoms with E-state index in [1.54, 1.807) is 0 Å². The highest BCUT2D eigenvalue weighted by atomic mass is 16.3. The molecule has 11 aromatic carbocycles. The van der Waals surface area contributed by atoms with E-state index >= 15 is 0 Å². The number of para-hydroxylation sites is 8. The van der Waals surface area contributed by atoms with Crippen molar-refractivity contribution >= 4 is 164 Å². The van der Waals surface area contributed by atoms with Crippen molar-refractivity contribution in [2.24, 2.45) is 0 Å². The number of benzene rings is 11. The van der Waals surface area contributed by atoms with Gasteiger partial charge in [0.25, 0.3) is 0 Å². The summed E-state index contributed by atoms with van der Waals surface area (Å²) in [5, 5.41) is 19.2. The minimum absolute atomic E-state index is 0.885. The summed E-state index contributed by atoms with van der Waals surface area (Å²) in [6, 6.07) is 75.8. The number of hydrogen-bond donors (Lipinski definition) is 0. The van der Waals surface area contributed by atoms with Gasteiger partial charge in [0.15, 0.2) is 11.2 Å². The first kappa shape index (κ1) is 36.2. The zero-order valence-electron chi connectivity index (χ0n) is 38.2. The maximum absolute atomic E-state index is 6.86. The molecule has 8 aromatic heterocycles. The smallest absolute Gasteiger partial charge is 0.159 e. The van der Waals surface area contributed by atoms with Gasteiger partial charge in [-0.25, -0.2) is 0 Å². The fourth-order valence-corrected chi connectivity index (χ4v) is 13.8. The summed E-state index contributed by atoms with van der Waals surface area (Å²) in [4.78, 5) is 0. The van der Waals surface area contributed by atoms with Crippen LogP contribution in [0.5, 0.6) is 0 Å². The van der Waals surface area contributed by atoms with Crippen LogP contribution in [0.25, 0.3) is 175 Å². The van der Waals surface area contributed by atoms with Crippen LogP contribution >= 0.6 is 0 Å². The van der Waals surface area contributed by atoms with Crippen molar-refractivity contribution in [1.29, 1.82) is 0 Å². The van der Waals surface area contributed by atoms with Crippen molar-refractivity contribution < 1.29 is 8.83 Å².